The summed E-state index contributed by atoms with van der Waals surface area (Å²) in [7, 11) is 1.60. The highest BCUT2D eigenvalue weighted by atomic mass is 16.6. The molecule has 1 aliphatic heterocycles. The number of urea groups is 1. The van der Waals surface area contributed by atoms with Crippen LogP contribution in [0, 0.1) is 0 Å². The number of amides is 2. The van der Waals surface area contributed by atoms with Crippen LogP contribution in [0.1, 0.15) is 19.4 Å². The van der Waals surface area contributed by atoms with Crippen molar-refractivity contribution in [3.63, 3.8) is 0 Å². The number of carbonyl (C=O) groups excluding carboxylic acids is 1. The normalized spacial score (nSPS) is 13.8. The van der Waals surface area contributed by atoms with Gasteiger partial charge in [0, 0.05) is 19.0 Å². The summed E-state index contributed by atoms with van der Waals surface area (Å²) in [5.74, 6) is 1.56. The lowest BCUT2D eigenvalue weighted by molar-refractivity contribution is 0.171. The molecule has 5 nitrogen and oxygen atoms in total. The smallest absolute Gasteiger partial charge is 0.314 e. The Morgan fingerprint density at radius 3 is 2.63 bits per heavy atom. The Kier molecular flexibility index (Phi) is 3.83. The first-order valence-electron chi connectivity index (χ1n) is 6.38. The van der Waals surface area contributed by atoms with Gasteiger partial charge in [0.1, 0.15) is 13.2 Å². The molecule has 1 heterocycles. The predicted octanol–water partition coefficient (Wildman–Crippen LogP) is 1.66. The van der Waals surface area contributed by atoms with Gasteiger partial charge in [-0.25, -0.2) is 4.79 Å². The van der Waals surface area contributed by atoms with Crippen molar-refractivity contribution in [2.45, 2.75) is 19.3 Å². The van der Waals surface area contributed by atoms with Gasteiger partial charge in [-0.3, -0.25) is 0 Å². The Hall–Kier alpha value is -1.91. The zero-order valence-corrected chi connectivity index (χ0v) is 11.6. The molecule has 0 fully saturated rings. The van der Waals surface area contributed by atoms with Crippen LogP contribution in [0.15, 0.2) is 18.2 Å². The van der Waals surface area contributed by atoms with E-state index in [0.29, 0.717) is 19.8 Å². The van der Waals surface area contributed by atoms with Crippen LogP contribution in [-0.4, -0.2) is 32.8 Å². The molecule has 1 aromatic rings. The van der Waals surface area contributed by atoms with E-state index in [2.05, 4.69) is 24.5 Å². The second-order valence-corrected chi connectivity index (χ2v) is 5.17. The second-order valence-electron chi connectivity index (χ2n) is 5.17. The van der Waals surface area contributed by atoms with E-state index in [0.717, 1.165) is 17.1 Å². The van der Waals surface area contributed by atoms with Crippen molar-refractivity contribution in [2.75, 3.05) is 26.8 Å². The molecule has 1 aliphatic rings. The molecule has 0 aliphatic carbocycles. The first-order valence-corrected chi connectivity index (χ1v) is 6.38. The molecule has 0 spiro atoms. The number of ether oxygens (including phenoxy) is 2. The molecule has 5 heteroatoms. The molecule has 2 N–H and O–H groups in total. The molecule has 0 unspecified atom stereocenters. The van der Waals surface area contributed by atoms with Gasteiger partial charge in [0.05, 0.1) is 0 Å². The Bertz CT molecular complexity index is 472. The SMILES string of the molecule is CNC(=O)NCC(C)(C)c1ccc2c(c1)OCCO2. The number of hydrogen-bond acceptors (Lipinski definition) is 3. The summed E-state index contributed by atoms with van der Waals surface area (Å²) in [4.78, 5) is 11.3. The maximum absolute atomic E-state index is 11.3. The highest BCUT2D eigenvalue weighted by Gasteiger charge is 2.23. The Morgan fingerprint density at radius 1 is 1.26 bits per heavy atom. The lowest BCUT2D eigenvalue weighted by atomic mass is 9.84. The van der Waals surface area contributed by atoms with Crippen LogP contribution in [0.4, 0.5) is 4.79 Å². The van der Waals surface area contributed by atoms with E-state index in [4.69, 9.17) is 9.47 Å². The van der Waals surface area contributed by atoms with Crippen LogP contribution in [0.5, 0.6) is 11.5 Å². The van der Waals surface area contributed by atoms with Crippen molar-refractivity contribution < 1.29 is 14.3 Å². The standard InChI is InChI=1S/C14H20N2O3/c1-14(2,9-16-13(17)15-3)10-4-5-11-12(8-10)19-7-6-18-11/h4-5,8H,6-7,9H2,1-3H3,(H2,15,16,17). The number of carbonyl (C=O) groups is 1. The second kappa shape index (κ2) is 5.38. The summed E-state index contributed by atoms with van der Waals surface area (Å²) in [6.07, 6.45) is 0. The molecule has 2 rings (SSSR count). The first kappa shape index (κ1) is 13.5. The van der Waals surface area contributed by atoms with Crippen LogP contribution >= 0.6 is 0 Å². The van der Waals surface area contributed by atoms with Gasteiger partial charge >= 0.3 is 6.03 Å². The molecule has 19 heavy (non-hydrogen) atoms. The highest BCUT2D eigenvalue weighted by molar-refractivity contribution is 5.73. The van der Waals surface area contributed by atoms with E-state index >= 15 is 0 Å². The van der Waals surface area contributed by atoms with Gasteiger partial charge in [0.2, 0.25) is 0 Å². The van der Waals surface area contributed by atoms with E-state index < -0.39 is 0 Å². The minimum absolute atomic E-state index is 0.175. The van der Waals surface area contributed by atoms with Gasteiger partial charge in [-0.1, -0.05) is 19.9 Å². The van der Waals surface area contributed by atoms with E-state index in [1.54, 1.807) is 7.05 Å². The lowest BCUT2D eigenvalue weighted by Crippen LogP contribution is -2.41. The molecule has 104 valence electrons. The number of hydrogen-bond donors (Lipinski definition) is 2. The van der Waals surface area contributed by atoms with Gasteiger partial charge in [-0.2, -0.15) is 0 Å². The fraction of sp³-hybridized carbons (Fsp3) is 0.500. The monoisotopic (exact) mass is 264 g/mol. The van der Waals surface area contributed by atoms with Gasteiger partial charge < -0.3 is 20.1 Å². The van der Waals surface area contributed by atoms with E-state index in [1.165, 1.54) is 0 Å². The highest BCUT2D eigenvalue weighted by Crippen LogP contribution is 2.34. The maximum Gasteiger partial charge on any atom is 0.314 e. The summed E-state index contributed by atoms with van der Waals surface area (Å²) >= 11 is 0. The number of nitrogens with one attached hydrogen (secondary N) is 2. The fourth-order valence-corrected chi connectivity index (χ4v) is 1.96. The minimum Gasteiger partial charge on any atom is -0.486 e. The zero-order chi connectivity index (χ0) is 13.9. The molecule has 1 aromatic carbocycles. The van der Waals surface area contributed by atoms with Crippen LogP contribution in [0.25, 0.3) is 0 Å². The molecule has 0 saturated carbocycles. The van der Waals surface area contributed by atoms with Gasteiger partial charge in [0.25, 0.3) is 0 Å². The molecule has 0 bridgehead atoms. The van der Waals surface area contributed by atoms with E-state index in [-0.39, 0.29) is 11.4 Å². The molecule has 0 aromatic heterocycles. The van der Waals surface area contributed by atoms with Gasteiger partial charge in [-0.15, -0.1) is 0 Å². The number of fused-ring (bicyclic) bond motifs is 1. The van der Waals surface area contributed by atoms with Crippen molar-refractivity contribution in [1.29, 1.82) is 0 Å². The number of benzene rings is 1. The number of rotatable bonds is 3. The van der Waals surface area contributed by atoms with Gasteiger partial charge in [-0.05, 0) is 17.7 Å². The quantitative estimate of drug-likeness (QED) is 0.873. The summed E-state index contributed by atoms with van der Waals surface area (Å²) in [5.41, 5.74) is 0.927. The lowest BCUT2D eigenvalue weighted by Gasteiger charge is -2.27. The fourth-order valence-electron chi connectivity index (χ4n) is 1.96. The third-order valence-corrected chi connectivity index (χ3v) is 3.24. The summed E-state index contributed by atoms with van der Waals surface area (Å²) in [6, 6.07) is 5.75. The van der Waals surface area contributed by atoms with Crippen LogP contribution in [-0.2, 0) is 5.41 Å². The van der Waals surface area contributed by atoms with Crippen LogP contribution < -0.4 is 20.1 Å². The Labute approximate surface area is 113 Å². The maximum atomic E-state index is 11.3. The first-order chi connectivity index (χ1) is 9.03. The molecule has 0 saturated heterocycles. The topological polar surface area (TPSA) is 59.6 Å². The average Bonchev–Trinajstić information content (AvgIpc) is 2.44. The van der Waals surface area contributed by atoms with Crippen molar-refractivity contribution in [3.8, 4) is 11.5 Å². The molecule has 2 amide bonds. The van der Waals surface area contributed by atoms with Crippen LogP contribution in [0.2, 0.25) is 0 Å². The molecular weight excluding hydrogens is 244 g/mol. The summed E-state index contributed by atoms with van der Waals surface area (Å²) in [6.45, 7) is 5.87. The molecule has 0 atom stereocenters. The Morgan fingerprint density at radius 2 is 1.95 bits per heavy atom. The molecular formula is C14H20N2O3. The largest absolute Gasteiger partial charge is 0.486 e. The third-order valence-electron chi connectivity index (χ3n) is 3.24. The third kappa shape index (κ3) is 3.10. The summed E-state index contributed by atoms with van der Waals surface area (Å²) in [5, 5.41) is 5.37. The molecule has 0 radical (unpaired) electrons. The summed E-state index contributed by atoms with van der Waals surface area (Å²) < 4.78 is 11.1. The van der Waals surface area contributed by atoms with Crippen LogP contribution in [0.3, 0.4) is 0 Å². The average molecular weight is 264 g/mol. The van der Waals surface area contributed by atoms with Crippen molar-refractivity contribution in [3.05, 3.63) is 23.8 Å². The van der Waals surface area contributed by atoms with E-state index in [1.807, 2.05) is 18.2 Å². The predicted molar refractivity (Wildman–Crippen MR) is 72.9 cm³/mol. The zero-order valence-electron chi connectivity index (χ0n) is 11.6. The van der Waals surface area contributed by atoms with Crippen molar-refractivity contribution in [1.82, 2.24) is 10.6 Å². The Balaban J connectivity index is 2.13. The minimum atomic E-state index is -0.178. The van der Waals surface area contributed by atoms with E-state index in [9.17, 15) is 4.79 Å². The van der Waals surface area contributed by atoms with Crippen molar-refractivity contribution >= 4 is 6.03 Å². The van der Waals surface area contributed by atoms with Crippen molar-refractivity contribution in [2.24, 2.45) is 0 Å². The van der Waals surface area contributed by atoms with Gasteiger partial charge in [0.15, 0.2) is 11.5 Å².